The molecule has 9 nitrogen and oxygen atoms in total. The molecule has 2 atom stereocenters. The van der Waals surface area contributed by atoms with Gasteiger partial charge in [0.25, 0.3) is 0 Å². The van der Waals surface area contributed by atoms with Crippen molar-refractivity contribution in [3.05, 3.63) is 12.7 Å². The molecule has 2 aromatic rings. The molecule has 0 aliphatic carbocycles. The molecular formula is C10H11ClN5O4-. The number of aliphatic hydroxyl groups is 1. The van der Waals surface area contributed by atoms with Gasteiger partial charge in [-0.3, -0.25) is 9.36 Å². The van der Waals surface area contributed by atoms with Crippen molar-refractivity contribution in [1.29, 1.82) is 0 Å². The summed E-state index contributed by atoms with van der Waals surface area (Å²) in [4.78, 5) is 33.3. The van der Waals surface area contributed by atoms with Crippen molar-refractivity contribution in [2.75, 3.05) is 12.3 Å². The number of anilines is 1. The topological polar surface area (TPSA) is 133 Å². The molecule has 0 radical (unpaired) electrons. The van der Waals surface area contributed by atoms with E-state index >= 15 is 0 Å². The maximum atomic E-state index is 11.1. The standard InChI is InChI=1S/C10H11N5O4.ClH/c11-9-8-10(13-4-12-9)15(5-14-8)7(3-18)19-6(1-16)2-17;/h1,3-7,17H,2H2,(H2,11,12,13);1H/p-1. The number of nitrogens with zero attached hydrogens (tertiary/aromatic N) is 4. The molecule has 0 amide bonds. The molecule has 0 saturated heterocycles. The van der Waals surface area contributed by atoms with Crippen LogP contribution in [0.4, 0.5) is 5.82 Å². The number of hydrogen-bond donors (Lipinski definition) is 2. The molecule has 2 rings (SSSR count). The number of halogens is 1. The normalized spacial score (nSPS) is 13.4. The van der Waals surface area contributed by atoms with E-state index in [0.717, 1.165) is 0 Å². The number of ether oxygens (including phenoxy) is 1. The summed E-state index contributed by atoms with van der Waals surface area (Å²) in [5.74, 6) is 0.169. The number of nitrogens with two attached hydrogens (primary N) is 1. The van der Waals surface area contributed by atoms with Crippen LogP contribution in [-0.4, -0.2) is 49.9 Å². The van der Waals surface area contributed by atoms with Crippen molar-refractivity contribution in [1.82, 2.24) is 19.5 Å². The molecule has 2 unspecified atom stereocenters. The molecule has 108 valence electrons. The molecule has 3 N–H and O–H groups in total. The van der Waals surface area contributed by atoms with Gasteiger partial charge in [0.1, 0.15) is 17.9 Å². The Labute approximate surface area is 119 Å². The highest BCUT2D eigenvalue weighted by atomic mass is 35.5. The van der Waals surface area contributed by atoms with Crippen LogP contribution < -0.4 is 18.1 Å². The van der Waals surface area contributed by atoms with Gasteiger partial charge in [-0.1, -0.05) is 0 Å². The summed E-state index contributed by atoms with van der Waals surface area (Å²) in [6, 6.07) is 0. The number of carbonyl (C=O) groups excluding carboxylic acids is 2. The highest BCUT2D eigenvalue weighted by Crippen LogP contribution is 2.19. The lowest BCUT2D eigenvalue weighted by atomic mass is 10.4. The van der Waals surface area contributed by atoms with Gasteiger partial charge in [0.15, 0.2) is 30.3 Å². The van der Waals surface area contributed by atoms with Crippen molar-refractivity contribution >= 4 is 29.6 Å². The maximum absolute atomic E-state index is 11.1. The summed E-state index contributed by atoms with van der Waals surface area (Å²) in [6.45, 7) is -0.530. The fourth-order valence-corrected chi connectivity index (χ4v) is 1.52. The van der Waals surface area contributed by atoms with E-state index in [0.29, 0.717) is 23.7 Å². The lowest BCUT2D eigenvalue weighted by Crippen LogP contribution is -3.00. The fourth-order valence-electron chi connectivity index (χ4n) is 1.52. The minimum atomic E-state index is -1.14. The highest BCUT2D eigenvalue weighted by Gasteiger charge is 2.20. The Morgan fingerprint density at radius 2 is 2.10 bits per heavy atom. The van der Waals surface area contributed by atoms with Gasteiger partial charge in [-0.05, 0) is 0 Å². The van der Waals surface area contributed by atoms with E-state index in [1.807, 2.05) is 0 Å². The van der Waals surface area contributed by atoms with Crippen LogP contribution in [0.2, 0.25) is 0 Å². The second kappa shape index (κ2) is 6.89. The number of carbonyl (C=O) groups is 2. The molecule has 0 fully saturated rings. The number of hydrogen-bond acceptors (Lipinski definition) is 8. The van der Waals surface area contributed by atoms with Crippen LogP contribution in [0.5, 0.6) is 0 Å². The van der Waals surface area contributed by atoms with Crippen LogP contribution in [0.3, 0.4) is 0 Å². The smallest absolute Gasteiger partial charge is 0.193 e. The van der Waals surface area contributed by atoms with Gasteiger partial charge in [0, 0.05) is 0 Å². The summed E-state index contributed by atoms with van der Waals surface area (Å²) in [5.41, 5.74) is 6.23. The van der Waals surface area contributed by atoms with E-state index in [9.17, 15) is 9.59 Å². The summed E-state index contributed by atoms with van der Waals surface area (Å²) in [7, 11) is 0. The predicted molar refractivity (Wildman–Crippen MR) is 62.9 cm³/mol. The Kier molecular flexibility index (Phi) is 5.50. The number of aromatic nitrogens is 4. The number of aliphatic hydroxyl groups excluding tert-OH is 1. The Hall–Kier alpha value is -2.10. The largest absolute Gasteiger partial charge is 1.00 e. The zero-order valence-corrected chi connectivity index (χ0v) is 10.8. The van der Waals surface area contributed by atoms with Gasteiger partial charge in [0.05, 0.1) is 12.9 Å². The van der Waals surface area contributed by atoms with Gasteiger partial charge < -0.3 is 32.8 Å². The predicted octanol–water partition coefficient (Wildman–Crippen LogP) is -4.31. The van der Waals surface area contributed by atoms with Gasteiger partial charge in [-0.2, -0.15) is 0 Å². The van der Waals surface area contributed by atoms with E-state index in [1.54, 1.807) is 0 Å². The third kappa shape index (κ3) is 2.90. The zero-order chi connectivity index (χ0) is 13.8. The lowest BCUT2D eigenvalue weighted by Gasteiger charge is -2.16. The van der Waals surface area contributed by atoms with Crippen LogP contribution in [0.15, 0.2) is 12.7 Å². The SMILES string of the molecule is Nc1ncnc2c1ncn2C(C=O)OC(C=O)CO.[Cl-]. The second-order valence-electron chi connectivity index (χ2n) is 3.60. The first-order chi connectivity index (χ1) is 9.21. The van der Waals surface area contributed by atoms with Gasteiger partial charge >= 0.3 is 0 Å². The van der Waals surface area contributed by atoms with Gasteiger partial charge in [-0.15, -0.1) is 0 Å². The van der Waals surface area contributed by atoms with E-state index in [-0.39, 0.29) is 18.2 Å². The van der Waals surface area contributed by atoms with Crippen LogP contribution in [-0.2, 0) is 14.3 Å². The van der Waals surface area contributed by atoms with Crippen molar-refractivity contribution < 1.29 is 31.8 Å². The molecule has 0 bridgehead atoms. The molecular weight excluding hydrogens is 290 g/mol. The van der Waals surface area contributed by atoms with E-state index in [2.05, 4.69) is 15.0 Å². The summed E-state index contributed by atoms with van der Waals surface area (Å²) in [5, 5.41) is 8.88. The summed E-state index contributed by atoms with van der Waals surface area (Å²) < 4.78 is 6.42. The number of fused-ring (bicyclic) bond motifs is 1. The van der Waals surface area contributed by atoms with Crippen molar-refractivity contribution in [2.24, 2.45) is 0 Å². The van der Waals surface area contributed by atoms with Crippen LogP contribution in [0.25, 0.3) is 11.2 Å². The minimum Gasteiger partial charge on any atom is -1.00 e. The van der Waals surface area contributed by atoms with Crippen molar-refractivity contribution in [2.45, 2.75) is 12.3 Å². The molecule has 2 aromatic heterocycles. The number of aldehydes is 2. The van der Waals surface area contributed by atoms with Crippen LogP contribution in [0, 0.1) is 0 Å². The molecule has 0 aromatic carbocycles. The number of imidazole rings is 1. The second-order valence-corrected chi connectivity index (χ2v) is 3.60. The molecule has 0 saturated carbocycles. The van der Waals surface area contributed by atoms with E-state index in [1.165, 1.54) is 17.2 Å². The third-order valence-corrected chi connectivity index (χ3v) is 2.42. The first-order valence-corrected chi connectivity index (χ1v) is 5.31. The summed E-state index contributed by atoms with van der Waals surface area (Å²) >= 11 is 0. The lowest BCUT2D eigenvalue weighted by molar-refractivity contribution is -0.139. The van der Waals surface area contributed by atoms with Gasteiger partial charge in [0.2, 0.25) is 0 Å². The molecule has 2 heterocycles. The van der Waals surface area contributed by atoms with E-state index in [4.69, 9.17) is 15.6 Å². The maximum Gasteiger partial charge on any atom is 0.193 e. The number of rotatable bonds is 6. The Morgan fingerprint density at radius 3 is 2.70 bits per heavy atom. The fraction of sp³-hybridized carbons (Fsp3) is 0.300. The van der Waals surface area contributed by atoms with Crippen molar-refractivity contribution in [3.63, 3.8) is 0 Å². The first-order valence-electron chi connectivity index (χ1n) is 5.31. The van der Waals surface area contributed by atoms with E-state index < -0.39 is 18.9 Å². The zero-order valence-electron chi connectivity index (χ0n) is 10.1. The monoisotopic (exact) mass is 300 g/mol. The summed E-state index contributed by atoms with van der Waals surface area (Å²) in [6.07, 6.45) is 1.15. The van der Waals surface area contributed by atoms with Gasteiger partial charge in [-0.25, -0.2) is 15.0 Å². The average Bonchev–Trinajstić information content (AvgIpc) is 2.86. The van der Waals surface area contributed by atoms with Crippen LogP contribution >= 0.6 is 0 Å². The minimum absolute atomic E-state index is 0. The quantitative estimate of drug-likeness (QED) is 0.512. The number of nitrogen functional groups attached to an aromatic ring is 1. The van der Waals surface area contributed by atoms with Crippen LogP contribution in [0.1, 0.15) is 6.23 Å². The molecule has 10 heteroatoms. The highest BCUT2D eigenvalue weighted by molar-refractivity contribution is 5.81. The molecule has 0 spiro atoms. The third-order valence-electron chi connectivity index (χ3n) is 2.42. The van der Waals surface area contributed by atoms with Crippen molar-refractivity contribution in [3.8, 4) is 0 Å². The Bertz CT molecular complexity index is 604. The average molecular weight is 301 g/mol. The Morgan fingerprint density at radius 1 is 1.35 bits per heavy atom. The molecule has 20 heavy (non-hydrogen) atoms. The molecule has 0 aliphatic heterocycles. The Balaban J connectivity index is 0.00000200. The first kappa shape index (κ1) is 16.0. The molecule has 0 aliphatic rings.